The van der Waals surface area contributed by atoms with Crippen molar-refractivity contribution in [2.75, 3.05) is 31.1 Å². The van der Waals surface area contributed by atoms with Crippen LogP contribution in [0.15, 0.2) is 36.7 Å². The summed E-state index contributed by atoms with van der Waals surface area (Å²) in [4.78, 5) is 16.8. The van der Waals surface area contributed by atoms with E-state index in [1.807, 2.05) is 12.3 Å². The summed E-state index contributed by atoms with van der Waals surface area (Å²) in [5.74, 6) is 3.54. The molecule has 5 nitrogen and oxygen atoms in total. The molecule has 0 unspecified atom stereocenters. The van der Waals surface area contributed by atoms with Gasteiger partial charge < -0.3 is 10.2 Å². The molecule has 2 aliphatic heterocycles. The van der Waals surface area contributed by atoms with Crippen LogP contribution in [0.4, 0.5) is 5.82 Å². The number of rotatable bonds is 2. The van der Waals surface area contributed by atoms with Crippen molar-refractivity contribution >= 4 is 30.6 Å². The van der Waals surface area contributed by atoms with Gasteiger partial charge >= 0.3 is 0 Å². The van der Waals surface area contributed by atoms with Gasteiger partial charge in [-0.2, -0.15) is 0 Å². The summed E-state index contributed by atoms with van der Waals surface area (Å²) in [6.45, 7) is 4.25. The molecule has 1 N–H and O–H groups in total. The van der Waals surface area contributed by atoms with Crippen LogP contribution in [-0.2, 0) is 12.8 Å². The van der Waals surface area contributed by atoms with Crippen molar-refractivity contribution in [3.05, 3.63) is 47.9 Å². The van der Waals surface area contributed by atoms with Crippen molar-refractivity contribution in [2.45, 2.75) is 25.7 Å². The van der Waals surface area contributed by atoms with E-state index in [1.165, 1.54) is 29.9 Å². The molecule has 0 bridgehead atoms. The number of fused-ring (bicyclic) bond motifs is 2. The molecule has 2 aromatic rings. The molecule has 150 valence electrons. The maximum Gasteiger partial charge on any atom is 0.163 e. The zero-order valence-corrected chi connectivity index (χ0v) is 17.5. The number of hydrogen-bond acceptors (Lipinski definition) is 5. The fraction of sp³-hybridized carbons (Fsp3) is 0.476. The van der Waals surface area contributed by atoms with E-state index >= 15 is 0 Å². The monoisotopic (exact) mass is 419 g/mol. The first-order valence-corrected chi connectivity index (χ1v) is 9.79. The summed E-state index contributed by atoms with van der Waals surface area (Å²) in [6.07, 6.45) is 12.8. The van der Waals surface area contributed by atoms with E-state index in [1.54, 1.807) is 6.20 Å². The second-order valence-electron chi connectivity index (χ2n) is 7.66. The highest BCUT2D eigenvalue weighted by atomic mass is 35.5. The average Bonchev–Trinajstić information content (AvgIpc) is 2.98. The molecule has 2 aromatic heterocycles. The Hall–Kier alpha value is -1.69. The normalized spacial score (nSPS) is 23.1. The minimum absolute atomic E-state index is 0. The lowest BCUT2D eigenvalue weighted by atomic mass is 9.86. The van der Waals surface area contributed by atoms with Crippen LogP contribution in [0.2, 0.25) is 0 Å². The summed E-state index contributed by atoms with van der Waals surface area (Å²) < 4.78 is 0. The van der Waals surface area contributed by atoms with Gasteiger partial charge in [0.15, 0.2) is 5.82 Å². The largest absolute Gasteiger partial charge is 0.356 e. The molecule has 1 saturated heterocycles. The molecule has 2 atom stereocenters. The Morgan fingerprint density at radius 3 is 2.43 bits per heavy atom. The van der Waals surface area contributed by atoms with Gasteiger partial charge in [-0.15, -0.1) is 24.8 Å². The maximum atomic E-state index is 5.06. The summed E-state index contributed by atoms with van der Waals surface area (Å²) in [7, 11) is 0. The Morgan fingerprint density at radius 2 is 1.71 bits per heavy atom. The molecule has 7 heteroatoms. The first kappa shape index (κ1) is 21.0. The molecule has 28 heavy (non-hydrogen) atoms. The fourth-order valence-corrected chi connectivity index (χ4v) is 4.60. The highest BCUT2D eigenvalue weighted by Gasteiger charge is 2.35. The predicted octanol–water partition coefficient (Wildman–Crippen LogP) is 3.47. The smallest absolute Gasteiger partial charge is 0.163 e. The summed E-state index contributed by atoms with van der Waals surface area (Å²) >= 11 is 0. The van der Waals surface area contributed by atoms with E-state index in [4.69, 9.17) is 9.97 Å². The van der Waals surface area contributed by atoms with Gasteiger partial charge in [-0.1, -0.05) is 12.2 Å². The van der Waals surface area contributed by atoms with E-state index in [9.17, 15) is 0 Å². The van der Waals surface area contributed by atoms with Crippen LogP contribution >= 0.6 is 24.8 Å². The number of pyridine rings is 1. The standard InChI is InChI=1S/C21H25N5.2ClH/c1-2-5-17-14-26(13-16(17)4-1)21-18-7-10-22-11-8-19(18)24-20(25-21)15-6-3-9-23-12-15;;/h1-3,6,9,12,16-17,22H,4-5,7-8,10-11,13-14H2;2*1H/t16-,17+;;. The van der Waals surface area contributed by atoms with E-state index < -0.39 is 0 Å². The topological polar surface area (TPSA) is 53.9 Å². The zero-order chi connectivity index (χ0) is 17.3. The van der Waals surface area contributed by atoms with Gasteiger partial charge in [-0.25, -0.2) is 9.97 Å². The van der Waals surface area contributed by atoms with Crippen molar-refractivity contribution < 1.29 is 0 Å². The third-order valence-corrected chi connectivity index (χ3v) is 6.00. The number of anilines is 1. The van der Waals surface area contributed by atoms with E-state index in [0.29, 0.717) is 0 Å². The van der Waals surface area contributed by atoms with Crippen molar-refractivity contribution in [3.63, 3.8) is 0 Å². The first-order chi connectivity index (χ1) is 12.9. The number of nitrogens with zero attached hydrogens (tertiary/aromatic N) is 4. The van der Waals surface area contributed by atoms with Gasteiger partial charge in [0.25, 0.3) is 0 Å². The Kier molecular flexibility index (Phi) is 6.91. The first-order valence-electron chi connectivity index (χ1n) is 9.79. The van der Waals surface area contributed by atoms with Crippen LogP contribution in [0.1, 0.15) is 24.1 Å². The number of aromatic nitrogens is 3. The number of nitrogens with one attached hydrogen (secondary N) is 1. The molecule has 0 aromatic carbocycles. The SMILES string of the molecule is C1=CC[C@H]2CN(c3nc(-c4cccnc4)nc4c3CCNCC4)C[C@H]2C1.Cl.Cl. The fourth-order valence-electron chi connectivity index (χ4n) is 4.60. The van der Waals surface area contributed by atoms with Crippen molar-refractivity contribution in [2.24, 2.45) is 11.8 Å². The minimum atomic E-state index is 0. The van der Waals surface area contributed by atoms with Crippen LogP contribution in [-0.4, -0.2) is 41.1 Å². The third kappa shape index (κ3) is 4.02. The van der Waals surface area contributed by atoms with Crippen molar-refractivity contribution in [1.29, 1.82) is 0 Å². The van der Waals surface area contributed by atoms with Crippen LogP contribution < -0.4 is 10.2 Å². The van der Waals surface area contributed by atoms with Gasteiger partial charge in [-0.05, 0) is 49.8 Å². The minimum Gasteiger partial charge on any atom is -0.356 e. The lowest BCUT2D eigenvalue weighted by Gasteiger charge is -2.23. The number of allylic oxidation sites excluding steroid dienone is 2. The quantitative estimate of drug-likeness (QED) is 0.755. The Balaban J connectivity index is 0.00000112. The van der Waals surface area contributed by atoms with Gasteiger partial charge in [-0.3, -0.25) is 4.98 Å². The molecule has 5 rings (SSSR count). The van der Waals surface area contributed by atoms with Gasteiger partial charge in [0.2, 0.25) is 0 Å². The van der Waals surface area contributed by atoms with Crippen molar-refractivity contribution in [1.82, 2.24) is 20.3 Å². The van der Waals surface area contributed by atoms with E-state index in [0.717, 1.165) is 62.2 Å². The second kappa shape index (κ2) is 9.21. The lowest BCUT2D eigenvalue weighted by molar-refractivity contribution is 0.411. The molecule has 0 spiro atoms. The molecule has 1 aliphatic carbocycles. The van der Waals surface area contributed by atoms with Gasteiger partial charge in [0, 0.05) is 49.6 Å². The van der Waals surface area contributed by atoms with Crippen LogP contribution in [0.5, 0.6) is 0 Å². The molecule has 0 radical (unpaired) electrons. The summed E-state index contributed by atoms with van der Waals surface area (Å²) in [5, 5.41) is 3.51. The van der Waals surface area contributed by atoms with Gasteiger partial charge in [0.05, 0.1) is 5.69 Å². The third-order valence-electron chi connectivity index (χ3n) is 6.00. The predicted molar refractivity (Wildman–Crippen MR) is 118 cm³/mol. The van der Waals surface area contributed by atoms with Crippen LogP contribution in [0.3, 0.4) is 0 Å². The molecule has 3 aliphatic rings. The Bertz CT molecular complexity index is 811. The molecule has 4 heterocycles. The highest BCUT2D eigenvalue weighted by molar-refractivity contribution is 5.85. The Labute approximate surface area is 178 Å². The maximum absolute atomic E-state index is 5.06. The Morgan fingerprint density at radius 1 is 0.964 bits per heavy atom. The second-order valence-corrected chi connectivity index (χ2v) is 7.66. The van der Waals surface area contributed by atoms with E-state index in [2.05, 4.69) is 33.4 Å². The lowest BCUT2D eigenvalue weighted by Crippen LogP contribution is -2.24. The molecule has 0 saturated carbocycles. The molecular weight excluding hydrogens is 393 g/mol. The molecule has 0 amide bonds. The molecular formula is C21H27Cl2N5. The summed E-state index contributed by atoms with van der Waals surface area (Å²) in [6, 6.07) is 4.02. The average molecular weight is 420 g/mol. The zero-order valence-electron chi connectivity index (χ0n) is 15.9. The van der Waals surface area contributed by atoms with Crippen LogP contribution in [0, 0.1) is 11.8 Å². The number of halogens is 2. The van der Waals surface area contributed by atoms with Crippen LogP contribution in [0.25, 0.3) is 11.4 Å². The van der Waals surface area contributed by atoms with Crippen molar-refractivity contribution in [3.8, 4) is 11.4 Å². The molecule has 1 fully saturated rings. The van der Waals surface area contributed by atoms with E-state index in [-0.39, 0.29) is 24.8 Å². The van der Waals surface area contributed by atoms with Gasteiger partial charge in [0.1, 0.15) is 5.82 Å². The number of hydrogen-bond donors (Lipinski definition) is 1. The summed E-state index contributed by atoms with van der Waals surface area (Å²) in [5.41, 5.74) is 3.58. The highest BCUT2D eigenvalue weighted by Crippen LogP contribution is 2.37.